The molecular weight excluding hydrogens is 504 g/mol. The van der Waals surface area contributed by atoms with Gasteiger partial charge in [0.1, 0.15) is 5.82 Å². The first-order valence-corrected chi connectivity index (χ1v) is 13.6. The van der Waals surface area contributed by atoms with Gasteiger partial charge in [-0.3, -0.25) is 14.3 Å². The average molecular weight is 541 g/mol. The fourth-order valence-corrected chi connectivity index (χ4v) is 5.19. The van der Waals surface area contributed by atoms with Crippen LogP contribution in [0.15, 0.2) is 73.1 Å². The lowest BCUT2D eigenvalue weighted by molar-refractivity contribution is -0.0149. The third-order valence-electron chi connectivity index (χ3n) is 7.94. The van der Waals surface area contributed by atoms with Crippen LogP contribution in [0, 0.1) is 0 Å². The summed E-state index contributed by atoms with van der Waals surface area (Å²) in [5.74, 6) is 0.233. The van der Waals surface area contributed by atoms with E-state index in [9.17, 15) is 14.7 Å². The van der Waals surface area contributed by atoms with Crippen molar-refractivity contribution < 1.29 is 14.7 Å². The van der Waals surface area contributed by atoms with Crippen molar-refractivity contribution in [2.45, 2.75) is 38.3 Å². The van der Waals surface area contributed by atoms with E-state index in [0.717, 1.165) is 53.8 Å². The molecule has 0 saturated carbocycles. The van der Waals surface area contributed by atoms with Gasteiger partial charge in [-0.15, -0.1) is 0 Å². The molecule has 0 radical (unpaired) electrons. The quantitative estimate of drug-likeness (QED) is 0.313. The predicted octanol–water partition coefficient (Wildman–Crippen LogP) is 5.15. The number of fused-ring (bicyclic) bond motifs is 1. The minimum absolute atomic E-state index is 0.188. The van der Waals surface area contributed by atoms with E-state index in [1.807, 2.05) is 79.5 Å². The largest absolute Gasteiger partial charge is 0.390 e. The SMILES string of the molecule is CNC(=O)n1ccc2cc(N(C)c3ccnc(NC(=O)c4ccc(C(C)N5CCC(C)(O)CC5)cc4)c3)ccc21. The Hall–Kier alpha value is -4.21. The van der Waals surface area contributed by atoms with Crippen LogP contribution in [0.3, 0.4) is 0 Å². The molecule has 0 aliphatic carbocycles. The molecule has 2 aromatic carbocycles. The maximum atomic E-state index is 13.0. The van der Waals surface area contributed by atoms with E-state index in [0.29, 0.717) is 11.4 Å². The summed E-state index contributed by atoms with van der Waals surface area (Å²) < 4.78 is 1.57. The lowest BCUT2D eigenvalue weighted by Crippen LogP contribution is -2.43. The number of nitrogens with one attached hydrogen (secondary N) is 2. The number of aromatic nitrogens is 2. The maximum absolute atomic E-state index is 13.0. The highest BCUT2D eigenvalue weighted by molar-refractivity contribution is 6.04. The fraction of sp³-hybridized carbons (Fsp3) is 0.323. The Morgan fingerprint density at radius 3 is 2.42 bits per heavy atom. The van der Waals surface area contributed by atoms with Crippen molar-refractivity contribution in [3.8, 4) is 0 Å². The number of carbonyl (C=O) groups is 2. The van der Waals surface area contributed by atoms with Gasteiger partial charge in [0.05, 0.1) is 11.1 Å². The van der Waals surface area contributed by atoms with Crippen molar-refractivity contribution in [2.24, 2.45) is 0 Å². The van der Waals surface area contributed by atoms with Crippen LogP contribution in [0.1, 0.15) is 48.7 Å². The van der Waals surface area contributed by atoms with E-state index in [1.165, 1.54) is 0 Å². The molecular formula is C31H36N6O3. The highest BCUT2D eigenvalue weighted by Crippen LogP contribution is 2.30. The molecule has 1 saturated heterocycles. The Bertz CT molecular complexity index is 1520. The predicted molar refractivity (Wildman–Crippen MR) is 158 cm³/mol. The van der Waals surface area contributed by atoms with Crippen LogP contribution in [0.25, 0.3) is 10.9 Å². The molecule has 9 nitrogen and oxygen atoms in total. The molecule has 208 valence electrons. The normalized spacial score (nSPS) is 15.9. The van der Waals surface area contributed by atoms with E-state index >= 15 is 0 Å². The number of hydrogen-bond donors (Lipinski definition) is 3. The van der Waals surface area contributed by atoms with Crippen molar-refractivity contribution in [2.75, 3.05) is 37.4 Å². The lowest BCUT2D eigenvalue weighted by Gasteiger charge is -2.39. The van der Waals surface area contributed by atoms with Gasteiger partial charge < -0.3 is 20.6 Å². The van der Waals surface area contributed by atoms with Crippen LogP contribution in [-0.4, -0.2) is 64.3 Å². The Morgan fingerprint density at radius 1 is 1.02 bits per heavy atom. The van der Waals surface area contributed by atoms with E-state index in [1.54, 1.807) is 24.0 Å². The molecule has 2 amide bonds. The second-order valence-electron chi connectivity index (χ2n) is 10.7. The van der Waals surface area contributed by atoms with Gasteiger partial charge in [-0.25, -0.2) is 9.78 Å². The summed E-state index contributed by atoms with van der Waals surface area (Å²) in [6, 6.07) is 19.2. The molecule has 40 heavy (non-hydrogen) atoms. The molecule has 0 spiro atoms. The maximum Gasteiger partial charge on any atom is 0.325 e. The standard InChI is InChI=1S/C31H36N6O3/c1-21(36-17-13-31(2,40)14-18-36)22-5-7-23(8-6-22)29(38)34-28-20-26(11-15-33-28)35(4)25-9-10-27-24(19-25)12-16-37(27)30(39)32-3/h5-12,15-16,19-21,40H,13-14,17-18H2,1-4H3,(H,32,39)(H,33,34,38). The Kier molecular flexibility index (Phi) is 7.60. The van der Waals surface area contributed by atoms with E-state index in [4.69, 9.17) is 0 Å². The summed E-state index contributed by atoms with van der Waals surface area (Å²) in [5.41, 5.74) is 3.75. The van der Waals surface area contributed by atoms with Crippen molar-refractivity contribution in [1.29, 1.82) is 0 Å². The zero-order valence-corrected chi connectivity index (χ0v) is 23.4. The van der Waals surface area contributed by atoms with Crippen molar-refractivity contribution >= 4 is 40.0 Å². The molecule has 4 aromatic rings. The summed E-state index contributed by atoms with van der Waals surface area (Å²) in [4.78, 5) is 33.8. The molecule has 3 N–H and O–H groups in total. The lowest BCUT2D eigenvalue weighted by atomic mass is 9.92. The number of aliphatic hydroxyl groups is 1. The molecule has 1 fully saturated rings. The second-order valence-corrected chi connectivity index (χ2v) is 10.7. The molecule has 9 heteroatoms. The third-order valence-corrected chi connectivity index (χ3v) is 7.94. The topological polar surface area (TPSA) is 103 Å². The van der Waals surface area contributed by atoms with Gasteiger partial charge in [0.25, 0.3) is 5.91 Å². The van der Waals surface area contributed by atoms with Crippen LogP contribution < -0.4 is 15.5 Å². The van der Waals surface area contributed by atoms with Gasteiger partial charge in [-0.1, -0.05) is 12.1 Å². The molecule has 2 aromatic heterocycles. The van der Waals surface area contributed by atoms with Gasteiger partial charge in [0, 0.05) is 74.0 Å². The van der Waals surface area contributed by atoms with Gasteiger partial charge >= 0.3 is 6.03 Å². The van der Waals surface area contributed by atoms with Crippen LogP contribution >= 0.6 is 0 Å². The number of hydrogen-bond acceptors (Lipinski definition) is 6. The van der Waals surface area contributed by atoms with Crippen molar-refractivity contribution in [3.05, 3.63) is 84.2 Å². The van der Waals surface area contributed by atoms with Gasteiger partial charge in [0.2, 0.25) is 0 Å². The summed E-state index contributed by atoms with van der Waals surface area (Å²) in [5, 5.41) is 16.7. The minimum Gasteiger partial charge on any atom is -0.390 e. The van der Waals surface area contributed by atoms with Gasteiger partial charge in [0.15, 0.2) is 0 Å². The smallest absolute Gasteiger partial charge is 0.325 e. The monoisotopic (exact) mass is 540 g/mol. The van der Waals surface area contributed by atoms with E-state index < -0.39 is 5.60 Å². The number of carbonyl (C=O) groups excluding carboxylic acids is 2. The van der Waals surface area contributed by atoms with Gasteiger partial charge in [-0.2, -0.15) is 0 Å². The number of amides is 2. The van der Waals surface area contributed by atoms with Crippen LogP contribution in [-0.2, 0) is 0 Å². The second kappa shape index (κ2) is 11.1. The first-order valence-electron chi connectivity index (χ1n) is 13.6. The Morgan fingerprint density at radius 2 is 1.73 bits per heavy atom. The molecule has 5 rings (SSSR count). The summed E-state index contributed by atoms with van der Waals surface area (Å²) in [7, 11) is 3.55. The van der Waals surface area contributed by atoms with Gasteiger partial charge in [-0.05, 0) is 74.7 Å². The number of anilines is 3. The molecule has 1 aliphatic rings. The zero-order chi connectivity index (χ0) is 28.4. The van der Waals surface area contributed by atoms with E-state index in [-0.39, 0.29) is 18.0 Å². The molecule has 1 aliphatic heterocycles. The number of pyridine rings is 1. The highest BCUT2D eigenvalue weighted by Gasteiger charge is 2.29. The molecule has 1 unspecified atom stereocenters. The summed E-state index contributed by atoms with van der Waals surface area (Å²) in [6.07, 6.45) is 4.94. The third kappa shape index (κ3) is 5.71. The summed E-state index contributed by atoms with van der Waals surface area (Å²) >= 11 is 0. The number of nitrogens with zero attached hydrogens (tertiary/aromatic N) is 4. The Labute approximate surface area is 234 Å². The van der Waals surface area contributed by atoms with Crippen LogP contribution in [0.4, 0.5) is 22.0 Å². The van der Waals surface area contributed by atoms with Crippen molar-refractivity contribution in [1.82, 2.24) is 19.8 Å². The number of benzene rings is 2. The molecule has 0 bridgehead atoms. The average Bonchev–Trinajstić information content (AvgIpc) is 3.39. The van der Waals surface area contributed by atoms with Crippen LogP contribution in [0.5, 0.6) is 0 Å². The summed E-state index contributed by atoms with van der Waals surface area (Å²) in [6.45, 7) is 5.77. The first-order chi connectivity index (χ1) is 19.1. The minimum atomic E-state index is -0.577. The molecule has 1 atom stereocenters. The van der Waals surface area contributed by atoms with Crippen molar-refractivity contribution in [3.63, 3.8) is 0 Å². The fourth-order valence-electron chi connectivity index (χ4n) is 5.19. The Balaban J connectivity index is 1.25. The zero-order valence-electron chi connectivity index (χ0n) is 23.4. The molecule has 3 heterocycles. The first kappa shape index (κ1) is 27.4. The number of piperidine rings is 1. The van der Waals surface area contributed by atoms with Crippen LogP contribution in [0.2, 0.25) is 0 Å². The van der Waals surface area contributed by atoms with E-state index in [2.05, 4.69) is 27.4 Å². The highest BCUT2D eigenvalue weighted by atomic mass is 16.3. The number of rotatable bonds is 6. The number of likely N-dealkylation sites (tertiary alicyclic amines) is 1.